The Bertz CT molecular complexity index is 495. The summed E-state index contributed by atoms with van der Waals surface area (Å²) in [6.07, 6.45) is 4.76. The summed E-state index contributed by atoms with van der Waals surface area (Å²) in [5, 5.41) is 9.54. The normalized spacial score (nSPS) is 21.5. The highest BCUT2D eigenvalue weighted by Crippen LogP contribution is 2.37. The van der Waals surface area contributed by atoms with E-state index in [4.69, 9.17) is 4.74 Å². The highest BCUT2D eigenvalue weighted by molar-refractivity contribution is 5.76. The average molecular weight is 293 g/mol. The molecule has 1 aromatic rings. The van der Waals surface area contributed by atoms with Crippen LogP contribution in [0.3, 0.4) is 0 Å². The van der Waals surface area contributed by atoms with Gasteiger partial charge in [-0.25, -0.2) is 4.98 Å². The maximum Gasteiger partial charge on any atom is 0.311 e. The van der Waals surface area contributed by atoms with Crippen LogP contribution in [0.15, 0.2) is 12.3 Å². The average Bonchev–Trinajstić information content (AvgIpc) is 2.91. The first-order valence-corrected chi connectivity index (χ1v) is 7.55. The Morgan fingerprint density at radius 1 is 1.48 bits per heavy atom. The van der Waals surface area contributed by atoms with Crippen molar-refractivity contribution in [2.75, 3.05) is 24.6 Å². The second-order valence-electron chi connectivity index (χ2n) is 5.55. The van der Waals surface area contributed by atoms with Crippen LogP contribution in [-0.2, 0) is 4.79 Å². The third-order valence-electron chi connectivity index (χ3n) is 3.89. The van der Waals surface area contributed by atoms with Gasteiger partial charge in [0.15, 0.2) is 0 Å². The molecular weight excluding hydrogens is 270 g/mol. The van der Waals surface area contributed by atoms with E-state index >= 15 is 0 Å². The third-order valence-corrected chi connectivity index (χ3v) is 3.89. The fourth-order valence-electron chi connectivity index (χ4n) is 2.78. The van der Waals surface area contributed by atoms with Crippen molar-refractivity contribution in [3.63, 3.8) is 0 Å². The van der Waals surface area contributed by atoms with E-state index in [0.29, 0.717) is 44.4 Å². The molecule has 0 spiro atoms. The fourth-order valence-corrected chi connectivity index (χ4v) is 2.78. The van der Waals surface area contributed by atoms with Crippen molar-refractivity contribution in [3.05, 3.63) is 12.3 Å². The Hall–Kier alpha value is -1.85. The largest absolute Gasteiger partial charge is 0.481 e. The number of hydrogen-bond acceptors (Lipinski definition) is 5. The number of ether oxygens (including phenoxy) is 1. The molecular formula is C15H23N3O3. The molecule has 0 bridgehead atoms. The lowest BCUT2D eigenvalue weighted by Crippen LogP contribution is -2.35. The molecule has 1 fully saturated rings. The lowest BCUT2D eigenvalue weighted by atomic mass is 9.83. The van der Waals surface area contributed by atoms with Crippen molar-refractivity contribution in [1.29, 1.82) is 0 Å². The molecule has 1 aliphatic rings. The van der Waals surface area contributed by atoms with E-state index in [-0.39, 0.29) is 0 Å². The first kappa shape index (κ1) is 15.5. The number of carboxylic acid groups (broad SMARTS) is 1. The Morgan fingerprint density at radius 2 is 2.29 bits per heavy atom. The molecule has 1 N–H and O–H groups in total. The minimum atomic E-state index is -0.717. The molecule has 6 nitrogen and oxygen atoms in total. The molecule has 1 unspecified atom stereocenters. The molecule has 1 aromatic heterocycles. The van der Waals surface area contributed by atoms with Crippen molar-refractivity contribution in [1.82, 2.24) is 9.97 Å². The maximum absolute atomic E-state index is 11.6. The molecule has 2 rings (SSSR count). The molecule has 1 atom stereocenters. The van der Waals surface area contributed by atoms with Gasteiger partial charge in [-0.3, -0.25) is 4.79 Å². The molecule has 1 aliphatic heterocycles. The van der Waals surface area contributed by atoms with Gasteiger partial charge in [0.1, 0.15) is 0 Å². The number of nitrogens with zero attached hydrogens (tertiary/aromatic N) is 3. The number of anilines is 1. The summed E-state index contributed by atoms with van der Waals surface area (Å²) in [6.45, 7) is 5.81. The fraction of sp³-hybridized carbons (Fsp3) is 0.667. The van der Waals surface area contributed by atoms with Crippen molar-refractivity contribution in [3.8, 4) is 5.88 Å². The van der Waals surface area contributed by atoms with Gasteiger partial charge in [-0.15, -0.1) is 0 Å². The monoisotopic (exact) mass is 293 g/mol. The molecule has 0 aliphatic carbocycles. The summed E-state index contributed by atoms with van der Waals surface area (Å²) in [4.78, 5) is 22.2. The van der Waals surface area contributed by atoms with E-state index in [0.717, 1.165) is 12.8 Å². The summed E-state index contributed by atoms with van der Waals surface area (Å²) in [5.74, 6) is 0.387. The van der Waals surface area contributed by atoms with E-state index in [2.05, 4.69) is 9.97 Å². The molecule has 2 heterocycles. The van der Waals surface area contributed by atoms with Gasteiger partial charge in [0.25, 0.3) is 0 Å². The summed E-state index contributed by atoms with van der Waals surface area (Å²) in [5.41, 5.74) is -0.668. The Kier molecular flexibility index (Phi) is 4.98. The summed E-state index contributed by atoms with van der Waals surface area (Å²) in [6, 6.07) is 1.73. The van der Waals surface area contributed by atoms with Crippen LogP contribution in [0.5, 0.6) is 5.88 Å². The molecule has 0 saturated carbocycles. The van der Waals surface area contributed by atoms with E-state index in [1.165, 1.54) is 0 Å². The van der Waals surface area contributed by atoms with E-state index in [1.807, 2.05) is 18.7 Å². The van der Waals surface area contributed by atoms with Gasteiger partial charge in [-0.2, -0.15) is 4.98 Å². The number of aliphatic carboxylic acids is 1. The SMILES string of the molecule is CCCOc1ccnc(N2CCC(CCC)(C(=O)O)C2)n1. The smallest absolute Gasteiger partial charge is 0.311 e. The van der Waals surface area contributed by atoms with Gasteiger partial charge in [0, 0.05) is 25.4 Å². The van der Waals surface area contributed by atoms with E-state index in [1.54, 1.807) is 12.3 Å². The number of carbonyl (C=O) groups is 1. The summed E-state index contributed by atoms with van der Waals surface area (Å²) in [7, 11) is 0. The van der Waals surface area contributed by atoms with Crippen molar-refractivity contribution in [2.45, 2.75) is 39.5 Å². The quantitative estimate of drug-likeness (QED) is 0.831. The molecule has 21 heavy (non-hydrogen) atoms. The van der Waals surface area contributed by atoms with Crippen LogP contribution < -0.4 is 9.64 Å². The lowest BCUT2D eigenvalue weighted by molar-refractivity contribution is -0.148. The number of hydrogen-bond donors (Lipinski definition) is 1. The maximum atomic E-state index is 11.6. The van der Waals surface area contributed by atoms with Gasteiger partial charge in [-0.05, 0) is 19.3 Å². The van der Waals surface area contributed by atoms with Crippen molar-refractivity contribution < 1.29 is 14.6 Å². The number of aromatic nitrogens is 2. The highest BCUT2D eigenvalue weighted by atomic mass is 16.5. The van der Waals surface area contributed by atoms with Gasteiger partial charge in [0.05, 0.1) is 12.0 Å². The second kappa shape index (κ2) is 6.74. The van der Waals surface area contributed by atoms with Gasteiger partial charge in [-0.1, -0.05) is 20.3 Å². The molecule has 0 aromatic carbocycles. The number of carboxylic acids is 1. The zero-order valence-corrected chi connectivity index (χ0v) is 12.7. The zero-order valence-electron chi connectivity index (χ0n) is 12.7. The number of rotatable bonds is 7. The molecule has 0 amide bonds. The standard InChI is InChI=1S/C15H23N3O3/c1-3-6-15(13(19)20)7-9-18(11-15)14-16-8-5-12(17-14)21-10-4-2/h5,8H,3-4,6-7,9-11H2,1-2H3,(H,19,20). The molecule has 116 valence electrons. The van der Waals surface area contributed by atoms with Crippen LogP contribution in [0.4, 0.5) is 5.95 Å². The van der Waals surface area contributed by atoms with Crippen LogP contribution in [-0.4, -0.2) is 40.7 Å². The predicted octanol–water partition coefficient (Wildman–Crippen LogP) is 2.35. The van der Waals surface area contributed by atoms with Crippen LogP contribution in [0.2, 0.25) is 0 Å². The van der Waals surface area contributed by atoms with Crippen LogP contribution in [0.1, 0.15) is 39.5 Å². The van der Waals surface area contributed by atoms with Gasteiger partial charge < -0.3 is 14.7 Å². The first-order chi connectivity index (χ1) is 10.1. The lowest BCUT2D eigenvalue weighted by Gasteiger charge is -2.24. The highest BCUT2D eigenvalue weighted by Gasteiger charge is 2.44. The Morgan fingerprint density at radius 3 is 2.95 bits per heavy atom. The van der Waals surface area contributed by atoms with E-state index in [9.17, 15) is 9.90 Å². The van der Waals surface area contributed by atoms with Gasteiger partial charge >= 0.3 is 5.97 Å². The zero-order chi connectivity index (χ0) is 15.3. The summed E-state index contributed by atoms with van der Waals surface area (Å²) >= 11 is 0. The first-order valence-electron chi connectivity index (χ1n) is 7.55. The minimum absolute atomic E-state index is 0.466. The molecule has 0 radical (unpaired) electrons. The second-order valence-corrected chi connectivity index (χ2v) is 5.55. The predicted molar refractivity (Wildman–Crippen MR) is 79.6 cm³/mol. The molecule has 6 heteroatoms. The molecule has 1 saturated heterocycles. The van der Waals surface area contributed by atoms with Crippen molar-refractivity contribution in [2.24, 2.45) is 5.41 Å². The van der Waals surface area contributed by atoms with E-state index < -0.39 is 11.4 Å². The van der Waals surface area contributed by atoms with Gasteiger partial charge in [0.2, 0.25) is 11.8 Å². The van der Waals surface area contributed by atoms with Crippen molar-refractivity contribution >= 4 is 11.9 Å². The third kappa shape index (κ3) is 3.43. The Balaban J connectivity index is 2.11. The van der Waals surface area contributed by atoms with Crippen LogP contribution >= 0.6 is 0 Å². The Labute approximate surface area is 125 Å². The minimum Gasteiger partial charge on any atom is -0.481 e. The summed E-state index contributed by atoms with van der Waals surface area (Å²) < 4.78 is 5.51. The van der Waals surface area contributed by atoms with Crippen LogP contribution in [0.25, 0.3) is 0 Å². The topological polar surface area (TPSA) is 75.5 Å². The van der Waals surface area contributed by atoms with Crippen LogP contribution in [0, 0.1) is 5.41 Å².